The fraction of sp³-hybridized carbons (Fsp3) is 0.471. The average Bonchev–Trinajstić information content (AvgIpc) is 3.34. The Kier molecular flexibility index (Phi) is 8.56. The first kappa shape index (κ1) is 31.4. The molecule has 1 aliphatic carbocycles. The van der Waals surface area contributed by atoms with E-state index in [9.17, 15) is 23.6 Å². The van der Waals surface area contributed by atoms with Crippen molar-refractivity contribution < 1.29 is 28.0 Å². The molecule has 2 unspecified atom stereocenters. The molecule has 2 fully saturated rings. The summed E-state index contributed by atoms with van der Waals surface area (Å²) < 4.78 is 30.3. The third kappa shape index (κ3) is 6.14. The summed E-state index contributed by atoms with van der Waals surface area (Å²) >= 11 is 6.15. The maximum absolute atomic E-state index is 15.9. The van der Waals surface area contributed by atoms with Gasteiger partial charge in [-0.25, -0.2) is 8.78 Å². The number of allylic oxidation sites excluding steroid dienone is 1. The van der Waals surface area contributed by atoms with Crippen molar-refractivity contribution in [3.63, 3.8) is 0 Å². The van der Waals surface area contributed by atoms with Crippen LogP contribution in [-0.4, -0.2) is 83.3 Å². The predicted octanol–water partition coefficient (Wildman–Crippen LogP) is 5.00. The molecule has 2 aromatic rings. The summed E-state index contributed by atoms with van der Waals surface area (Å²) in [6, 6.07) is 8.91. The van der Waals surface area contributed by atoms with Crippen molar-refractivity contribution in [3.05, 3.63) is 75.1 Å². The van der Waals surface area contributed by atoms with Crippen molar-refractivity contribution in [2.75, 3.05) is 32.9 Å². The third-order valence-electron chi connectivity index (χ3n) is 9.68. The SMILES string of the molecule is CC1(C)CCC(CN2CCN(C(=O)c3ccc4c(c3F)CN(C3CCC(=O)NC3=O)C4=O)C(CF)C2)=C(c2ccc(Cl)cc2)C1. The van der Waals surface area contributed by atoms with Crippen molar-refractivity contribution in [3.8, 4) is 0 Å². The topological polar surface area (TPSA) is 90.0 Å². The van der Waals surface area contributed by atoms with Gasteiger partial charge in [-0.05, 0) is 66.5 Å². The molecule has 0 aromatic heterocycles. The summed E-state index contributed by atoms with van der Waals surface area (Å²) in [5, 5.41) is 2.91. The Morgan fingerprint density at radius 2 is 1.82 bits per heavy atom. The van der Waals surface area contributed by atoms with Gasteiger partial charge in [-0.15, -0.1) is 0 Å². The van der Waals surface area contributed by atoms with Crippen molar-refractivity contribution >= 4 is 40.8 Å². The number of nitrogens with one attached hydrogen (secondary N) is 1. The number of halogens is 3. The molecule has 4 aliphatic rings. The number of piperidine rings is 1. The molecule has 45 heavy (non-hydrogen) atoms. The zero-order chi connectivity index (χ0) is 32.0. The molecule has 4 amide bonds. The van der Waals surface area contributed by atoms with E-state index < -0.39 is 48.2 Å². The van der Waals surface area contributed by atoms with E-state index in [0.717, 1.165) is 24.8 Å². The van der Waals surface area contributed by atoms with Crippen LogP contribution < -0.4 is 5.32 Å². The van der Waals surface area contributed by atoms with Crippen molar-refractivity contribution in [1.82, 2.24) is 20.0 Å². The number of imide groups is 1. The van der Waals surface area contributed by atoms with Gasteiger partial charge in [0.15, 0.2) is 0 Å². The maximum Gasteiger partial charge on any atom is 0.257 e. The average molecular weight is 639 g/mol. The standard InChI is InChI=1S/C34H37ClF2N4O4/c1-34(2)12-11-21(26(15-34)20-3-5-22(35)6-4-20)17-39-13-14-40(23(16-36)18-39)33(45)25-8-7-24-27(30(25)37)19-41(32(24)44)28-9-10-29(42)38-31(28)43/h3-8,23,28H,9-19H2,1-2H3,(H,38,42,43). The number of alkyl halides is 1. The second kappa shape index (κ2) is 12.3. The van der Waals surface area contributed by atoms with Gasteiger partial charge >= 0.3 is 0 Å². The van der Waals surface area contributed by atoms with Crippen molar-refractivity contribution in [2.24, 2.45) is 5.41 Å². The lowest BCUT2D eigenvalue weighted by atomic mass is 9.72. The normalized spacial score (nSPS) is 23.8. The Morgan fingerprint density at radius 1 is 1.07 bits per heavy atom. The minimum absolute atomic E-state index is 0.0351. The van der Waals surface area contributed by atoms with Gasteiger partial charge in [-0.1, -0.05) is 43.2 Å². The molecule has 11 heteroatoms. The number of hydrogen-bond donors (Lipinski definition) is 1. The van der Waals surface area contributed by atoms with Crippen molar-refractivity contribution in [2.45, 2.75) is 64.6 Å². The van der Waals surface area contributed by atoms with E-state index in [1.807, 2.05) is 24.3 Å². The molecule has 2 atom stereocenters. The first-order chi connectivity index (χ1) is 21.5. The highest BCUT2D eigenvalue weighted by atomic mass is 35.5. The van der Waals surface area contributed by atoms with Gasteiger partial charge in [-0.2, -0.15) is 0 Å². The van der Waals surface area contributed by atoms with Crippen LogP contribution in [0.3, 0.4) is 0 Å². The molecule has 8 nitrogen and oxygen atoms in total. The van der Waals surface area contributed by atoms with E-state index in [4.69, 9.17) is 11.6 Å². The molecule has 2 aromatic carbocycles. The summed E-state index contributed by atoms with van der Waals surface area (Å²) in [6.45, 7) is 5.31. The highest BCUT2D eigenvalue weighted by Gasteiger charge is 2.42. The Labute approximate surface area is 266 Å². The van der Waals surface area contributed by atoms with E-state index in [1.165, 1.54) is 33.1 Å². The Balaban J connectivity index is 1.17. The van der Waals surface area contributed by atoms with Crippen LogP contribution in [0.1, 0.15) is 77.8 Å². The molecular weight excluding hydrogens is 602 g/mol. The van der Waals surface area contributed by atoms with Crippen LogP contribution in [0.4, 0.5) is 8.78 Å². The lowest BCUT2D eigenvalue weighted by molar-refractivity contribution is -0.136. The van der Waals surface area contributed by atoms with E-state index in [0.29, 0.717) is 24.7 Å². The highest BCUT2D eigenvalue weighted by molar-refractivity contribution is 6.30. The first-order valence-corrected chi connectivity index (χ1v) is 15.9. The van der Waals surface area contributed by atoms with Gasteiger partial charge in [-0.3, -0.25) is 29.4 Å². The van der Waals surface area contributed by atoms with Crippen LogP contribution in [0.15, 0.2) is 42.0 Å². The van der Waals surface area contributed by atoms with Crippen LogP contribution in [0, 0.1) is 11.2 Å². The van der Waals surface area contributed by atoms with Gasteiger partial charge in [0.2, 0.25) is 11.8 Å². The number of carbonyl (C=O) groups excluding carboxylic acids is 4. The minimum Gasteiger partial charge on any atom is -0.330 e. The second-order valence-electron chi connectivity index (χ2n) is 13.3. The molecule has 3 aliphatic heterocycles. The van der Waals surface area contributed by atoms with Crippen LogP contribution in [0.5, 0.6) is 0 Å². The number of piperazine rings is 1. The van der Waals surface area contributed by atoms with Crippen LogP contribution in [0.25, 0.3) is 5.57 Å². The predicted molar refractivity (Wildman–Crippen MR) is 166 cm³/mol. The summed E-state index contributed by atoms with van der Waals surface area (Å²) in [5.74, 6) is -2.98. The van der Waals surface area contributed by atoms with Gasteiger partial charge in [0.25, 0.3) is 11.8 Å². The third-order valence-corrected chi connectivity index (χ3v) is 9.93. The number of carbonyl (C=O) groups is 4. The number of amides is 4. The molecule has 0 radical (unpaired) electrons. The number of rotatable bonds is 6. The molecule has 0 bridgehead atoms. The molecule has 6 rings (SSSR count). The van der Waals surface area contributed by atoms with Crippen LogP contribution in [-0.2, 0) is 16.1 Å². The summed E-state index contributed by atoms with van der Waals surface area (Å²) in [4.78, 5) is 55.5. The fourth-order valence-electron chi connectivity index (χ4n) is 7.12. The maximum atomic E-state index is 15.9. The zero-order valence-corrected chi connectivity index (χ0v) is 26.3. The van der Waals surface area contributed by atoms with E-state index >= 15 is 4.39 Å². The highest BCUT2D eigenvalue weighted by Crippen LogP contribution is 2.43. The summed E-state index contributed by atoms with van der Waals surface area (Å²) in [6.07, 6.45) is 3.13. The van der Waals surface area contributed by atoms with Crippen LogP contribution in [0.2, 0.25) is 5.02 Å². The van der Waals surface area contributed by atoms with Gasteiger partial charge in [0.05, 0.1) is 18.2 Å². The zero-order valence-electron chi connectivity index (χ0n) is 25.5. The van der Waals surface area contributed by atoms with Crippen LogP contribution >= 0.6 is 11.6 Å². The Hall–Kier alpha value is -3.63. The molecule has 3 heterocycles. The summed E-state index contributed by atoms with van der Waals surface area (Å²) in [7, 11) is 0. The van der Waals surface area contributed by atoms with Gasteiger partial charge in [0.1, 0.15) is 18.5 Å². The molecule has 2 saturated heterocycles. The molecule has 238 valence electrons. The number of nitrogens with zero attached hydrogens (tertiary/aromatic N) is 3. The Morgan fingerprint density at radius 3 is 2.53 bits per heavy atom. The molecule has 1 N–H and O–H groups in total. The second-order valence-corrected chi connectivity index (χ2v) is 13.8. The van der Waals surface area contributed by atoms with E-state index in [2.05, 4.69) is 24.1 Å². The smallest absolute Gasteiger partial charge is 0.257 e. The molecule has 0 spiro atoms. The van der Waals surface area contributed by atoms with E-state index in [1.54, 1.807) is 0 Å². The van der Waals surface area contributed by atoms with Gasteiger partial charge in [0, 0.05) is 48.7 Å². The van der Waals surface area contributed by atoms with Crippen molar-refractivity contribution in [1.29, 1.82) is 0 Å². The first-order valence-electron chi connectivity index (χ1n) is 15.5. The number of fused-ring (bicyclic) bond motifs is 1. The molecule has 0 saturated carbocycles. The molecular formula is C34H37ClF2N4O4. The number of benzene rings is 2. The monoisotopic (exact) mass is 638 g/mol. The minimum atomic E-state index is -0.893. The summed E-state index contributed by atoms with van der Waals surface area (Å²) in [5.41, 5.74) is 3.80. The lowest BCUT2D eigenvalue weighted by Gasteiger charge is -2.42. The lowest BCUT2D eigenvalue weighted by Crippen LogP contribution is -2.56. The Bertz CT molecular complexity index is 1590. The van der Waals surface area contributed by atoms with E-state index in [-0.39, 0.29) is 48.0 Å². The van der Waals surface area contributed by atoms with Gasteiger partial charge < -0.3 is 9.80 Å². The quantitative estimate of drug-likeness (QED) is 0.450. The number of hydrogen-bond acceptors (Lipinski definition) is 5. The fourth-order valence-corrected chi connectivity index (χ4v) is 7.25. The largest absolute Gasteiger partial charge is 0.330 e.